The lowest BCUT2D eigenvalue weighted by atomic mass is 10.1. The lowest BCUT2D eigenvalue weighted by Gasteiger charge is -2.14. The number of aryl methyl sites for hydroxylation is 2. The highest BCUT2D eigenvalue weighted by atomic mass is 35.5. The molecule has 33 heavy (non-hydrogen) atoms. The maximum absolute atomic E-state index is 13.1. The second-order valence-corrected chi connectivity index (χ2v) is 9.14. The second-order valence-electron chi connectivity index (χ2n) is 8.70. The number of rotatable bonds is 10. The number of benzene rings is 1. The van der Waals surface area contributed by atoms with E-state index in [1.165, 1.54) is 15.7 Å². The van der Waals surface area contributed by atoms with Crippen LogP contribution < -0.4 is 11.2 Å². The van der Waals surface area contributed by atoms with Gasteiger partial charge in [0.05, 0.1) is 18.3 Å². The molecule has 0 aliphatic carbocycles. The molecule has 0 saturated carbocycles. The van der Waals surface area contributed by atoms with Crippen LogP contribution in [0.25, 0.3) is 0 Å². The molecule has 1 aromatic carbocycles. The molecule has 3 heterocycles. The van der Waals surface area contributed by atoms with Crippen LogP contribution in [0.2, 0.25) is 0 Å². The Labute approximate surface area is 198 Å². The number of unbranched alkanes of at least 4 members (excludes halogenated alkanes) is 2. The zero-order valence-electron chi connectivity index (χ0n) is 19.3. The van der Waals surface area contributed by atoms with E-state index in [1.54, 1.807) is 4.57 Å². The first-order chi connectivity index (χ1) is 16.0. The standard InChI is InChI=1S/C25H30ClN5O2/c1-3-4-5-11-30-23-21(14-22(26)28-23)24(32)31(25(30)33)12-7-10-20-15-27-29(17-20)16-19-9-6-8-18(2)13-19/h6,8-9,13,15,17H,3-5,7,10-12,14,16H2,1-2H3. The molecule has 0 atom stereocenters. The summed E-state index contributed by atoms with van der Waals surface area (Å²) in [5, 5.41) is 4.83. The van der Waals surface area contributed by atoms with E-state index in [1.807, 2.05) is 17.1 Å². The number of aromatic nitrogens is 4. The van der Waals surface area contributed by atoms with Crippen molar-refractivity contribution in [1.29, 1.82) is 0 Å². The number of fused-ring (bicyclic) bond motifs is 1. The van der Waals surface area contributed by atoms with Crippen molar-refractivity contribution in [3.05, 3.63) is 79.8 Å². The molecule has 0 N–H and O–H groups in total. The van der Waals surface area contributed by atoms with Crippen molar-refractivity contribution in [3.8, 4) is 0 Å². The molecular weight excluding hydrogens is 438 g/mol. The van der Waals surface area contributed by atoms with Gasteiger partial charge in [-0.3, -0.25) is 18.6 Å². The van der Waals surface area contributed by atoms with Crippen LogP contribution in [-0.4, -0.2) is 24.1 Å². The summed E-state index contributed by atoms with van der Waals surface area (Å²) in [4.78, 5) is 30.4. The molecule has 4 rings (SSSR count). The lowest BCUT2D eigenvalue weighted by molar-refractivity contribution is 0.513. The molecule has 8 heteroatoms. The minimum absolute atomic E-state index is 0.267. The maximum atomic E-state index is 13.1. The fourth-order valence-corrected chi connectivity index (χ4v) is 4.52. The van der Waals surface area contributed by atoms with Crippen molar-refractivity contribution < 1.29 is 0 Å². The molecule has 1 aliphatic rings. The van der Waals surface area contributed by atoms with Crippen LogP contribution in [0.1, 0.15) is 54.9 Å². The van der Waals surface area contributed by atoms with E-state index >= 15 is 0 Å². The van der Waals surface area contributed by atoms with Crippen LogP contribution in [0.4, 0.5) is 5.82 Å². The van der Waals surface area contributed by atoms with Gasteiger partial charge in [-0.25, -0.2) is 9.79 Å². The van der Waals surface area contributed by atoms with E-state index < -0.39 is 0 Å². The van der Waals surface area contributed by atoms with Crippen molar-refractivity contribution in [2.75, 3.05) is 0 Å². The topological polar surface area (TPSA) is 74.2 Å². The van der Waals surface area contributed by atoms with E-state index in [0.717, 1.165) is 37.8 Å². The Bertz CT molecular complexity index is 1280. The van der Waals surface area contributed by atoms with Gasteiger partial charge in [-0.2, -0.15) is 5.10 Å². The first kappa shape index (κ1) is 23.2. The average Bonchev–Trinajstić information content (AvgIpc) is 3.39. The van der Waals surface area contributed by atoms with Gasteiger partial charge in [-0.1, -0.05) is 61.2 Å². The molecule has 7 nitrogen and oxygen atoms in total. The summed E-state index contributed by atoms with van der Waals surface area (Å²) in [6, 6.07) is 8.38. The number of hydrogen-bond donors (Lipinski definition) is 0. The monoisotopic (exact) mass is 467 g/mol. The van der Waals surface area contributed by atoms with Crippen LogP contribution in [0.5, 0.6) is 0 Å². The van der Waals surface area contributed by atoms with Gasteiger partial charge in [0.15, 0.2) is 0 Å². The Morgan fingerprint density at radius 1 is 1.06 bits per heavy atom. The summed E-state index contributed by atoms with van der Waals surface area (Å²) in [5.41, 5.74) is 3.50. The summed E-state index contributed by atoms with van der Waals surface area (Å²) in [6.45, 7) is 5.83. The molecule has 2 aromatic heterocycles. The third kappa shape index (κ3) is 5.36. The highest BCUT2D eigenvalue weighted by molar-refractivity contribution is 6.66. The fraction of sp³-hybridized carbons (Fsp3) is 0.440. The third-order valence-electron chi connectivity index (χ3n) is 5.99. The SMILES string of the molecule is CCCCCn1c2c(c(=O)n(CCCc3cnn(Cc4cccc(C)c4)c3)c1=O)CC(Cl)=N2. The Kier molecular flexibility index (Phi) is 7.28. The van der Waals surface area contributed by atoms with Gasteiger partial charge in [-0.05, 0) is 37.3 Å². The molecule has 1 aliphatic heterocycles. The minimum atomic E-state index is -0.292. The largest absolute Gasteiger partial charge is 0.332 e. The van der Waals surface area contributed by atoms with Crippen LogP contribution in [0.3, 0.4) is 0 Å². The Balaban J connectivity index is 1.45. The predicted octanol–water partition coefficient (Wildman–Crippen LogP) is 4.21. The summed E-state index contributed by atoms with van der Waals surface area (Å²) in [6.07, 6.45) is 8.55. The quantitative estimate of drug-likeness (QED) is 0.419. The van der Waals surface area contributed by atoms with E-state index in [2.05, 4.69) is 48.2 Å². The molecule has 0 amide bonds. The first-order valence-electron chi connectivity index (χ1n) is 11.6. The van der Waals surface area contributed by atoms with Crippen molar-refractivity contribution >= 4 is 22.6 Å². The first-order valence-corrected chi connectivity index (χ1v) is 12.0. The van der Waals surface area contributed by atoms with E-state index in [9.17, 15) is 9.59 Å². The van der Waals surface area contributed by atoms with Gasteiger partial charge in [0, 0.05) is 25.7 Å². The van der Waals surface area contributed by atoms with Gasteiger partial charge in [0.2, 0.25) is 0 Å². The number of aliphatic imine (C=N–C) groups is 1. The number of hydrogen-bond acceptors (Lipinski definition) is 4. The number of halogens is 1. The second kappa shape index (κ2) is 10.3. The van der Waals surface area contributed by atoms with Crippen molar-refractivity contribution in [2.24, 2.45) is 4.99 Å². The van der Waals surface area contributed by atoms with Gasteiger partial charge in [0.25, 0.3) is 5.56 Å². The summed E-state index contributed by atoms with van der Waals surface area (Å²) in [5.74, 6) is 0.444. The Morgan fingerprint density at radius 3 is 2.67 bits per heavy atom. The van der Waals surface area contributed by atoms with Gasteiger partial charge in [-0.15, -0.1) is 0 Å². The molecule has 0 fully saturated rings. The molecule has 3 aromatic rings. The van der Waals surface area contributed by atoms with Gasteiger partial charge < -0.3 is 0 Å². The van der Waals surface area contributed by atoms with Crippen LogP contribution in [-0.2, 0) is 32.5 Å². The predicted molar refractivity (Wildman–Crippen MR) is 132 cm³/mol. The van der Waals surface area contributed by atoms with E-state index in [0.29, 0.717) is 42.5 Å². The minimum Gasteiger partial charge on any atom is -0.278 e. The molecule has 0 spiro atoms. The zero-order chi connectivity index (χ0) is 23.4. The molecule has 0 unspecified atom stereocenters. The van der Waals surface area contributed by atoms with Crippen LogP contribution >= 0.6 is 11.6 Å². The van der Waals surface area contributed by atoms with Crippen molar-refractivity contribution in [3.63, 3.8) is 0 Å². The van der Waals surface area contributed by atoms with Gasteiger partial charge in [0.1, 0.15) is 11.0 Å². The highest BCUT2D eigenvalue weighted by Crippen LogP contribution is 2.24. The number of nitrogens with zero attached hydrogens (tertiary/aromatic N) is 5. The maximum Gasteiger partial charge on any atom is 0.332 e. The Hall–Kier alpha value is -2.93. The molecule has 0 bridgehead atoms. The van der Waals surface area contributed by atoms with Crippen LogP contribution in [0.15, 0.2) is 51.2 Å². The van der Waals surface area contributed by atoms with Crippen LogP contribution in [0, 0.1) is 6.92 Å². The van der Waals surface area contributed by atoms with Gasteiger partial charge >= 0.3 is 5.69 Å². The summed E-state index contributed by atoms with van der Waals surface area (Å²) < 4.78 is 4.90. The fourth-order valence-electron chi connectivity index (χ4n) is 4.31. The van der Waals surface area contributed by atoms with Crippen molar-refractivity contribution in [1.82, 2.24) is 18.9 Å². The zero-order valence-corrected chi connectivity index (χ0v) is 20.0. The summed E-state index contributed by atoms with van der Waals surface area (Å²) >= 11 is 6.12. The normalized spacial score (nSPS) is 12.8. The Morgan fingerprint density at radius 2 is 1.88 bits per heavy atom. The average molecular weight is 468 g/mol. The lowest BCUT2D eigenvalue weighted by Crippen LogP contribution is -2.41. The summed E-state index contributed by atoms with van der Waals surface area (Å²) in [7, 11) is 0. The molecular formula is C25H30ClN5O2. The third-order valence-corrected chi connectivity index (χ3v) is 6.20. The van der Waals surface area contributed by atoms with E-state index in [4.69, 9.17) is 11.6 Å². The molecule has 174 valence electrons. The van der Waals surface area contributed by atoms with E-state index in [-0.39, 0.29) is 11.2 Å². The molecule has 0 saturated heterocycles. The molecule has 0 radical (unpaired) electrons. The van der Waals surface area contributed by atoms with Crippen molar-refractivity contribution in [2.45, 2.75) is 72.0 Å². The smallest absolute Gasteiger partial charge is 0.278 e. The highest BCUT2D eigenvalue weighted by Gasteiger charge is 2.24.